The van der Waals surface area contributed by atoms with Crippen LogP contribution in [0.3, 0.4) is 0 Å². The maximum absolute atomic E-state index is 12.4. The Labute approximate surface area is 163 Å². The van der Waals surface area contributed by atoms with E-state index in [4.69, 9.17) is 23.2 Å². The summed E-state index contributed by atoms with van der Waals surface area (Å²) < 4.78 is 0. The standard InChI is InChI=1S/C21H21Cl2NO2/c22-17-6-7-19(20(23)13-17)21(26)8-5-15-3-1-2-4-16(15)14-24-11-9-18(25)10-12-24/h1-8,13,18,25H,9-12,14H2. The van der Waals surface area contributed by atoms with Gasteiger partial charge in [0.15, 0.2) is 5.78 Å². The van der Waals surface area contributed by atoms with E-state index in [1.165, 1.54) is 0 Å². The van der Waals surface area contributed by atoms with E-state index in [1.807, 2.05) is 24.3 Å². The molecular formula is C21H21Cl2NO2. The van der Waals surface area contributed by atoms with Crippen LogP contribution in [0.5, 0.6) is 0 Å². The molecule has 0 aromatic heterocycles. The van der Waals surface area contributed by atoms with Gasteiger partial charge in [0.05, 0.1) is 11.1 Å². The summed E-state index contributed by atoms with van der Waals surface area (Å²) in [6, 6.07) is 12.9. The largest absolute Gasteiger partial charge is 0.393 e. The van der Waals surface area contributed by atoms with Gasteiger partial charge in [-0.2, -0.15) is 0 Å². The normalized spacial score (nSPS) is 16.3. The fourth-order valence-electron chi connectivity index (χ4n) is 3.10. The highest BCUT2D eigenvalue weighted by Gasteiger charge is 2.17. The molecule has 0 saturated carbocycles. The number of aliphatic hydroxyl groups excluding tert-OH is 1. The Balaban J connectivity index is 1.73. The van der Waals surface area contributed by atoms with Gasteiger partial charge in [-0.05, 0) is 48.2 Å². The molecule has 1 aliphatic heterocycles. The van der Waals surface area contributed by atoms with Crippen LogP contribution >= 0.6 is 23.2 Å². The second-order valence-corrected chi connectivity index (χ2v) is 7.37. The van der Waals surface area contributed by atoms with E-state index >= 15 is 0 Å². The number of halogens is 2. The minimum Gasteiger partial charge on any atom is -0.393 e. The first-order chi connectivity index (χ1) is 12.5. The summed E-state index contributed by atoms with van der Waals surface area (Å²) >= 11 is 12.0. The molecule has 1 saturated heterocycles. The predicted molar refractivity (Wildman–Crippen MR) is 107 cm³/mol. The minimum atomic E-state index is -0.178. The Bertz CT molecular complexity index is 811. The Hall–Kier alpha value is -1.65. The van der Waals surface area contributed by atoms with Crippen LogP contribution in [0.15, 0.2) is 48.5 Å². The van der Waals surface area contributed by atoms with Crippen molar-refractivity contribution in [1.82, 2.24) is 4.90 Å². The van der Waals surface area contributed by atoms with E-state index in [9.17, 15) is 9.90 Å². The first kappa shape index (κ1) is 19.1. The van der Waals surface area contributed by atoms with Crippen molar-refractivity contribution >= 4 is 35.1 Å². The predicted octanol–water partition coefficient (Wildman–Crippen LogP) is 4.85. The van der Waals surface area contributed by atoms with Gasteiger partial charge in [-0.25, -0.2) is 0 Å². The molecule has 3 rings (SSSR count). The van der Waals surface area contributed by atoms with Crippen molar-refractivity contribution in [3.05, 3.63) is 75.3 Å². The van der Waals surface area contributed by atoms with Crippen LogP contribution in [0.1, 0.15) is 34.3 Å². The first-order valence-electron chi connectivity index (χ1n) is 8.69. The number of carbonyl (C=O) groups excluding carboxylic acids is 1. The number of allylic oxidation sites excluding steroid dienone is 1. The molecular weight excluding hydrogens is 369 g/mol. The van der Waals surface area contributed by atoms with E-state index in [0.29, 0.717) is 15.6 Å². The van der Waals surface area contributed by atoms with Gasteiger partial charge in [0, 0.05) is 30.2 Å². The molecule has 0 radical (unpaired) electrons. The maximum atomic E-state index is 12.4. The van der Waals surface area contributed by atoms with Crippen LogP contribution in [0.4, 0.5) is 0 Å². The zero-order valence-electron chi connectivity index (χ0n) is 14.4. The highest BCUT2D eigenvalue weighted by molar-refractivity contribution is 6.37. The van der Waals surface area contributed by atoms with Gasteiger partial charge in [-0.1, -0.05) is 53.5 Å². The maximum Gasteiger partial charge on any atom is 0.187 e. The van der Waals surface area contributed by atoms with E-state index in [1.54, 1.807) is 24.3 Å². The number of rotatable bonds is 5. The van der Waals surface area contributed by atoms with Crippen molar-refractivity contribution in [2.24, 2.45) is 0 Å². The first-order valence-corrected chi connectivity index (χ1v) is 9.44. The highest BCUT2D eigenvalue weighted by atomic mass is 35.5. The molecule has 0 unspecified atom stereocenters. The van der Waals surface area contributed by atoms with E-state index in [2.05, 4.69) is 11.0 Å². The lowest BCUT2D eigenvalue weighted by Crippen LogP contribution is -2.35. The van der Waals surface area contributed by atoms with Gasteiger partial charge in [0.1, 0.15) is 0 Å². The highest BCUT2D eigenvalue weighted by Crippen LogP contribution is 2.22. The second kappa shape index (κ2) is 8.83. The van der Waals surface area contributed by atoms with Gasteiger partial charge in [-0.3, -0.25) is 9.69 Å². The van der Waals surface area contributed by atoms with Gasteiger partial charge in [0.25, 0.3) is 0 Å². The third-order valence-corrected chi connectivity index (χ3v) is 5.16. The minimum absolute atomic E-state index is 0.150. The smallest absolute Gasteiger partial charge is 0.187 e. The molecule has 2 aromatic rings. The molecule has 0 aliphatic carbocycles. The Kier molecular flexibility index (Phi) is 6.49. The Morgan fingerprint density at radius 2 is 1.88 bits per heavy atom. The lowest BCUT2D eigenvalue weighted by Gasteiger charge is -2.29. The quantitative estimate of drug-likeness (QED) is 0.586. The number of ketones is 1. The molecule has 2 aromatic carbocycles. The number of nitrogens with zero attached hydrogens (tertiary/aromatic N) is 1. The summed E-state index contributed by atoms with van der Waals surface area (Å²) in [7, 11) is 0. The summed E-state index contributed by atoms with van der Waals surface area (Å²) in [5.74, 6) is -0.150. The molecule has 0 atom stereocenters. The molecule has 26 heavy (non-hydrogen) atoms. The summed E-state index contributed by atoms with van der Waals surface area (Å²) in [6.45, 7) is 2.58. The van der Waals surface area contributed by atoms with Crippen molar-refractivity contribution in [3.63, 3.8) is 0 Å². The van der Waals surface area contributed by atoms with Crippen molar-refractivity contribution in [1.29, 1.82) is 0 Å². The summed E-state index contributed by atoms with van der Waals surface area (Å²) in [4.78, 5) is 14.8. The van der Waals surface area contributed by atoms with Crippen LogP contribution in [-0.4, -0.2) is 35.0 Å². The lowest BCUT2D eigenvalue weighted by atomic mass is 10.0. The number of piperidine rings is 1. The zero-order valence-corrected chi connectivity index (χ0v) is 15.9. The third-order valence-electron chi connectivity index (χ3n) is 4.62. The van der Waals surface area contributed by atoms with Crippen molar-refractivity contribution in [2.75, 3.05) is 13.1 Å². The van der Waals surface area contributed by atoms with Gasteiger partial charge >= 0.3 is 0 Å². The number of likely N-dealkylation sites (tertiary alicyclic amines) is 1. The van der Waals surface area contributed by atoms with Crippen molar-refractivity contribution in [3.8, 4) is 0 Å². The van der Waals surface area contributed by atoms with Crippen LogP contribution < -0.4 is 0 Å². The molecule has 1 aliphatic rings. The van der Waals surface area contributed by atoms with Gasteiger partial charge in [0.2, 0.25) is 0 Å². The fourth-order valence-corrected chi connectivity index (χ4v) is 3.61. The summed E-state index contributed by atoms with van der Waals surface area (Å²) in [5, 5.41) is 10.5. The molecule has 1 fully saturated rings. The van der Waals surface area contributed by atoms with Gasteiger partial charge < -0.3 is 5.11 Å². The number of hydrogen-bond acceptors (Lipinski definition) is 3. The Morgan fingerprint density at radius 3 is 2.62 bits per heavy atom. The van der Waals surface area contributed by atoms with Crippen LogP contribution in [-0.2, 0) is 6.54 Å². The molecule has 0 amide bonds. The van der Waals surface area contributed by atoms with Crippen molar-refractivity contribution in [2.45, 2.75) is 25.5 Å². The number of carbonyl (C=O) groups is 1. The van der Waals surface area contributed by atoms with Crippen LogP contribution in [0, 0.1) is 0 Å². The molecule has 1 heterocycles. The number of benzene rings is 2. The average Bonchev–Trinajstić information content (AvgIpc) is 2.62. The van der Waals surface area contributed by atoms with Crippen LogP contribution in [0.2, 0.25) is 10.0 Å². The molecule has 1 N–H and O–H groups in total. The molecule has 0 spiro atoms. The summed E-state index contributed by atoms with van der Waals surface area (Å²) in [6.07, 6.45) is 4.83. The Morgan fingerprint density at radius 1 is 1.15 bits per heavy atom. The molecule has 5 heteroatoms. The van der Waals surface area contributed by atoms with Crippen LogP contribution in [0.25, 0.3) is 6.08 Å². The second-order valence-electron chi connectivity index (χ2n) is 6.53. The van der Waals surface area contributed by atoms with E-state index in [-0.39, 0.29) is 11.9 Å². The molecule has 0 bridgehead atoms. The molecule has 136 valence electrons. The van der Waals surface area contributed by atoms with E-state index in [0.717, 1.165) is 43.6 Å². The number of hydrogen-bond donors (Lipinski definition) is 1. The monoisotopic (exact) mass is 389 g/mol. The topological polar surface area (TPSA) is 40.5 Å². The molecule has 3 nitrogen and oxygen atoms in total. The van der Waals surface area contributed by atoms with E-state index < -0.39 is 0 Å². The van der Waals surface area contributed by atoms with Crippen molar-refractivity contribution < 1.29 is 9.90 Å². The zero-order chi connectivity index (χ0) is 18.5. The third kappa shape index (κ3) is 4.95. The lowest BCUT2D eigenvalue weighted by molar-refractivity contribution is 0.0792. The SMILES string of the molecule is O=C(C=Cc1ccccc1CN1CCC(O)CC1)c1ccc(Cl)cc1Cl. The fraction of sp³-hybridized carbons (Fsp3) is 0.286. The van der Waals surface area contributed by atoms with Gasteiger partial charge in [-0.15, -0.1) is 0 Å². The number of aliphatic hydroxyl groups is 1. The summed E-state index contributed by atoms with van der Waals surface area (Å²) in [5.41, 5.74) is 2.61. The average molecular weight is 390 g/mol.